The molecule has 1 unspecified atom stereocenters. The first-order valence-electron chi connectivity index (χ1n) is 6.52. The van der Waals surface area contributed by atoms with Gasteiger partial charge in [0.25, 0.3) is 5.91 Å². The number of imidazole rings is 1. The molecule has 6 nitrogen and oxygen atoms in total. The van der Waals surface area contributed by atoms with Gasteiger partial charge in [0, 0.05) is 24.2 Å². The number of carbonyl (C=O) groups is 1. The molecule has 2 rings (SSSR count). The number of amides is 1. The Balaban J connectivity index is 2.13. The van der Waals surface area contributed by atoms with Crippen LogP contribution in [0.2, 0.25) is 0 Å². The molecule has 0 saturated carbocycles. The molecule has 0 radical (unpaired) electrons. The molecule has 112 valence electrons. The van der Waals surface area contributed by atoms with E-state index in [1.807, 2.05) is 6.92 Å². The van der Waals surface area contributed by atoms with Gasteiger partial charge in [-0.05, 0) is 30.7 Å². The Kier molecular flexibility index (Phi) is 4.42. The molecule has 0 spiro atoms. The van der Waals surface area contributed by atoms with Gasteiger partial charge in [0.05, 0.1) is 10.9 Å². The van der Waals surface area contributed by atoms with Gasteiger partial charge in [-0.2, -0.15) is 0 Å². The molecule has 1 heterocycles. The van der Waals surface area contributed by atoms with E-state index in [-0.39, 0.29) is 16.8 Å². The molecule has 0 fully saturated rings. The zero-order chi connectivity index (χ0) is 15.5. The van der Waals surface area contributed by atoms with E-state index in [1.54, 1.807) is 12.4 Å². The molecule has 1 aromatic heterocycles. The van der Waals surface area contributed by atoms with E-state index >= 15 is 0 Å². The molecule has 2 N–H and O–H groups in total. The van der Waals surface area contributed by atoms with E-state index in [9.17, 15) is 13.2 Å². The highest BCUT2D eigenvalue weighted by Gasteiger charge is 2.16. The van der Waals surface area contributed by atoms with Crippen molar-refractivity contribution >= 4 is 15.7 Å². The summed E-state index contributed by atoms with van der Waals surface area (Å²) >= 11 is 0. The van der Waals surface area contributed by atoms with E-state index in [2.05, 4.69) is 15.3 Å². The Bertz CT molecular complexity index is 706. The minimum absolute atomic E-state index is 0.192. The lowest BCUT2D eigenvalue weighted by Gasteiger charge is -2.14. The van der Waals surface area contributed by atoms with Crippen molar-refractivity contribution in [3.05, 3.63) is 48.0 Å². The van der Waals surface area contributed by atoms with Crippen LogP contribution >= 0.6 is 0 Å². The smallest absolute Gasteiger partial charge is 0.251 e. The molecule has 7 heteroatoms. The normalized spacial score (nSPS) is 12.9. The molecule has 0 aliphatic heterocycles. The lowest BCUT2D eigenvalue weighted by molar-refractivity contribution is 0.0934. The largest absolute Gasteiger partial charge is 0.347 e. The van der Waals surface area contributed by atoms with E-state index in [4.69, 9.17) is 0 Å². The summed E-state index contributed by atoms with van der Waals surface area (Å²) in [6.07, 6.45) is 5.16. The van der Waals surface area contributed by atoms with Gasteiger partial charge in [0.2, 0.25) is 0 Å². The molecule has 0 bridgehead atoms. The standard InChI is InChI=1S/C14H17N3O3S/c1-3-12(13-15-8-9-16-13)17-14(18)10-4-6-11(7-5-10)21(2,19)20/h4-9,12H,3H2,1-2H3,(H,15,16)(H,17,18). The van der Waals surface area contributed by atoms with E-state index in [0.717, 1.165) is 6.26 Å². The maximum atomic E-state index is 12.2. The number of aromatic nitrogens is 2. The zero-order valence-corrected chi connectivity index (χ0v) is 12.6. The second-order valence-corrected chi connectivity index (χ2v) is 6.72. The van der Waals surface area contributed by atoms with Crippen LogP contribution in [0.1, 0.15) is 35.6 Å². The second-order valence-electron chi connectivity index (χ2n) is 4.71. The third-order valence-corrected chi connectivity index (χ3v) is 4.24. The number of sulfone groups is 1. The van der Waals surface area contributed by atoms with Crippen molar-refractivity contribution < 1.29 is 13.2 Å². The summed E-state index contributed by atoms with van der Waals surface area (Å²) < 4.78 is 22.8. The average molecular weight is 307 g/mol. The van der Waals surface area contributed by atoms with Crippen LogP contribution in [-0.4, -0.2) is 30.5 Å². The summed E-state index contributed by atoms with van der Waals surface area (Å²) in [5.74, 6) is 0.428. The third kappa shape index (κ3) is 3.69. The Morgan fingerprint density at radius 3 is 2.48 bits per heavy atom. The minimum atomic E-state index is -3.26. The maximum Gasteiger partial charge on any atom is 0.251 e. The van der Waals surface area contributed by atoms with Crippen molar-refractivity contribution in [1.82, 2.24) is 15.3 Å². The highest BCUT2D eigenvalue weighted by Crippen LogP contribution is 2.14. The molecule has 1 amide bonds. The number of nitrogens with zero attached hydrogens (tertiary/aromatic N) is 1. The first-order valence-corrected chi connectivity index (χ1v) is 8.41. The Morgan fingerprint density at radius 2 is 2.00 bits per heavy atom. The quantitative estimate of drug-likeness (QED) is 0.879. The molecule has 0 aliphatic rings. The molecule has 21 heavy (non-hydrogen) atoms. The Morgan fingerprint density at radius 1 is 1.33 bits per heavy atom. The van der Waals surface area contributed by atoms with Crippen molar-refractivity contribution in [2.45, 2.75) is 24.3 Å². The van der Waals surface area contributed by atoms with Gasteiger partial charge in [-0.3, -0.25) is 4.79 Å². The maximum absolute atomic E-state index is 12.2. The Hall–Kier alpha value is -2.15. The first-order chi connectivity index (χ1) is 9.91. The van der Waals surface area contributed by atoms with Crippen LogP contribution in [0.3, 0.4) is 0 Å². The van der Waals surface area contributed by atoms with Crippen LogP contribution in [0.15, 0.2) is 41.6 Å². The molecule has 1 aromatic carbocycles. The fourth-order valence-corrected chi connectivity index (χ4v) is 2.56. The number of hydrogen-bond acceptors (Lipinski definition) is 4. The number of rotatable bonds is 5. The van der Waals surface area contributed by atoms with Crippen molar-refractivity contribution in [3.63, 3.8) is 0 Å². The van der Waals surface area contributed by atoms with Crippen LogP contribution in [0.5, 0.6) is 0 Å². The van der Waals surface area contributed by atoms with Gasteiger partial charge >= 0.3 is 0 Å². The minimum Gasteiger partial charge on any atom is -0.347 e. The molecular formula is C14H17N3O3S. The summed E-state index contributed by atoms with van der Waals surface area (Å²) in [7, 11) is -3.26. The topological polar surface area (TPSA) is 91.9 Å². The van der Waals surface area contributed by atoms with E-state index in [0.29, 0.717) is 17.8 Å². The summed E-state index contributed by atoms with van der Waals surface area (Å²) in [5.41, 5.74) is 0.410. The number of H-pyrrole nitrogens is 1. The number of carbonyl (C=O) groups excluding carboxylic acids is 1. The average Bonchev–Trinajstić information content (AvgIpc) is 2.97. The van der Waals surface area contributed by atoms with Crippen LogP contribution in [0, 0.1) is 0 Å². The molecular weight excluding hydrogens is 290 g/mol. The third-order valence-electron chi connectivity index (χ3n) is 3.11. The summed E-state index contributed by atoms with van der Waals surface area (Å²) in [6.45, 7) is 1.94. The molecule has 1 atom stereocenters. The lowest BCUT2D eigenvalue weighted by Crippen LogP contribution is -2.28. The van der Waals surface area contributed by atoms with Gasteiger partial charge in [0.1, 0.15) is 5.82 Å². The summed E-state index contributed by atoms with van der Waals surface area (Å²) in [6, 6.07) is 5.65. The number of aromatic amines is 1. The molecule has 2 aromatic rings. The number of hydrogen-bond donors (Lipinski definition) is 2. The summed E-state index contributed by atoms with van der Waals surface area (Å²) in [5, 5.41) is 2.86. The van der Waals surface area contributed by atoms with Crippen LogP contribution in [0.25, 0.3) is 0 Å². The number of nitrogens with one attached hydrogen (secondary N) is 2. The van der Waals surface area contributed by atoms with Gasteiger partial charge in [0.15, 0.2) is 9.84 Å². The van der Waals surface area contributed by atoms with Crippen molar-refractivity contribution in [3.8, 4) is 0 Å². The highest BCUT2D eigenvalue weighted by atomic mass is 32.2. The fourth-order valence-electron chi connectivity index (χ4n) is 1.93. The van der Waals surface area contributed by atoms with E-state index < -0.39 is 9.84 Å². The van der Waals surface area contributed by atoms with Gasteiger partial charge in [-0.1, -0.05) is 6.92 Å². The second kappa shape index (κ2) is 6.09. The predicted molar refractivity (Wildman–Crippen MR) is 78.6 cm³/mol. The highest BCUT2D eigenvalue weighted by molar-refractivity contribution is 7.90. The zero-order valence-electron chi connectivity index (χ0n) is 11.8. The predicted octanol–water partition coefficient (Wildman–Crippen LogP) is 1.69. The monoisotopic (exact) mass is 307 g/mol. The van der Waals surface area contributed by atoms with Crippen LogP contribution in [-0.2, 0) is 9.84 Å². The fraction of sp³-hybridized carbons (Fsp3) is 0.286. The summed E-state index contributed by atoms with van der Waals surface area (Å²) in [4.78, 5) is 19.5. The van der Waals surface area contributed by atoms with Gasteiger partial charge in [-0.25, -0.2) is 13.4 Å². The van der Waals surface area contributed by atoms with Crippen molar-refractivity contribution in [2.75, 3.05) is 6.26 Å². The van der Waals surface area contributed by atoms with Crippen LogP contribution < -0.4 is 5.32 Å². The SMILES string of the molecule is CCC(NC(=O)c1ccc(S(C)(=O)=O)cc1)c1ncc[nH]1. The van der Waals surface area contributed by atoms with Crippen LogP contribution in [0.4, 0.5) is 0 Å². The van der Waals surface area contributed by atoms with E-state index in [1.165, 1.54) is 24.3 Å². The molecule has 0 saturated heterocycles. The molecule has 0 aliphatic carbocycles. The van der Waals surface area contributed by atoms with Gasteiger partial charge < -0.3 is 10.3 Å². The Labute approximate surface area is 123 Å². The first kappa shape index (κ1) is 15.2. The van der Waals surface area contributed by atoms with Gasteiger partial charge in [-0.15, -0.1) is 0 Å². The van der Waals surface area contributed by atoms with Crippen molar-refractivity contribution in [1.29, 1.82) is 0 Å². The number of benzene rings is 1. The lowest BCUT2D eigenvalue weighted by atomic mass is 10.1. The van der Waals surface area contributed by atoms with Crippen molar-refractivity contribution in [2.24, 2.45) is 0 Å².